The van der Waals surface area contributed by atoms with Crippen molar-refractivity contribution in [3.05, 3.63) is 59.4 Å². The van der Waals surface area contributed by atoms with Crippen molar-refractivity contribution in [1.82, 2.24) is 5.32 Å². The van der Waals surface area contributed by atoms with E-state index in [0.717, 1.165) is 24.9 Å². The van der Waals surface area contributed by atoms with Gasteiger partial charge in [0, 0.05) is 30.4 Å². The van der Waals surface area contributed by atoms with Crippen LogP contribution in [0.25, 0.3) is 0 Å². The van der Waals surface area contributed by atoms with Crippen LogP contribution in [0, 0.1) is 12.7 Å². The van der Waals surface area contributed by atoms with Crippen LogP contribution in [0.15, 0.2) is 42.5 Å². The summed E-state index contributed by atoms with van der Waals surface area (Å²) >= 11 is 0. The molecule has 30 heavy (non-hydrogen) atoms. The van der Waals surface area contributed by atoms with Gasteiger partial charge < -0.3 is 10.2 Å². The third-order valence-corrected chi connectivity index (χ3v) is 6.58. The van der Waals surface area contributed by atoms with E-state index >= 15 is 0 Å². The molecule has 1 atom stereocenters. The number of nitrogens with zero attached hydrogens (tertiary/aromatic N) is 1. The number of amides is 1. The highest BCUT2D eigenvalue weighted by Crippen LogP contribution is 2.24. The minimum Gasteiger partial charge on any atom is -0.367 e. The van der Waals surface area contributed by atoms with Crippen LogP contribution < -0.4 is 14.9 Å². The van der Waals surface area contributed by atoms with Gasteiger partial charge in [-0.25, -0.2) is 12.8 Å². The molecule has 1 amide bonds. The third kappa shape index (κ3) is 5.72. The lowest BCUT2D eigenvalue weighted by Gasteiger charge is -2.35. The Hall–Kier alpha value is -2.61. The van der Waals surface area contributed by atoms with E-state index in [-0.39, 0.29) is 23.5 Å². The van der Waals surface area contributed by atoms with Gasteiger partial charge >= 0.3 is 0 Å². The maximum atomic E-state index is 14.2. The van der Waals surface area contributed by atoms with Crippen molar-refractivity contribution in [2.24, 2.45) is 0 Å². The molecule has 2 aromatic carbocycles. The second-order valence-electron chi connectivity index (χ2n) is 7.71. The standard InChI is InChI=1S/C22H28FN3O3S/c1-3-13-30(28,29)25-18-9-7-17(8-10-18)22(27)24-19-5-4-12-26(15-19)21-14-16(2)6-11-20(21)23/h6-11,14,19,25H,3-5,12-13,15H2,1-2H3,(H,24,27). The van der Waals surface area contributed by atoms with E-state index in [9.17, 15) is 17.6 Å². The van der Waals surface area contributed by atoms with Crippen molar-refractivity contribution in [3.8, 4) is 0 Å². The van der Waals surface area contributed by atoms with Crippen LogP contribution in [0.5, 0.6) is 0 Å². The highest BCUT2D eigenvalue weighted by Gasteiger charge is 2.24. The van der Waals surface area contributed by atoms with E-state index in [0.29, 0.717) is 29.9 Å². The van der Waals surface area contributed by atoms with Crippen LogP contribution in [0.2, 0.25) is 0 Å². The van der Waals surface area contributed by atoms with Crippen LogP contribution >= 0.6 is 0 Å². The number of sulfonamides is 1. The Morgan fingerprint density at radius 3 is 2.63 bits per heavy atom. The van der Waals surface area contributed by atoms with E-state index in [4.69, 9.17) is 0 Å². The molecule has 8 heteroatoms. The molecule has 1 aliphatic heterocycles. The lowest BCUT2D eigenvalue weighted by molar-refractivity contribution is 0.0933. The zero-order valence-corrected chi connectivity index (χ0v) is 18.1. The molecule has 0 bridgehead atoms. The Balaban J connectivity index is 1.62. The summed E-state index contributed by atoms with van der Waals surface area (Å²) < 4.78 is 40.4. The predicted octanol–water partition coefficient (Wildman–Crippen LogP) is 3.68. The van der Waals surface area contributed by atoms with Crippen molar-refractivity contribution in [3.63, 3.8) is 0 Å². The molecular formula is C22H28FN3O3S. The second-order valence-corrected chi connectivity index (χ2v) is 9.55. The average Bonchev–Trinajstić information content (AvgIpc) is 2.70. The molecule has 162 valence electrons. The van der Waals surface area contributed by atoms with Gasteiger partial charge in [-0.3, -0.25) is 9.52 Å². The molecule has 1 saturated heterocycles. The molecule has 0 spiro atoms. The number of benzene rings is 2. The molecule has 1 fully saturated rings. The summed E-state index contributed by atoms with van der Waals surface area (Å²) in [4.78, 5) is 14.6. The number of aryl methyl sites for hydroxylation is 1. The van der Waals surface area contributed by atoms with Gasteiger partial charge in [0.15, 0.2) is 0 Å². The highest BCUT2D eigenvalue weighted by atomic mass is 32.2. The minimum absolute atomic E-state index is 0.0505. The van der Waals surface area contributed by atoms with Crippen molar-refractivity contribution in [2.75, 3.05) is 28.5 Å². The van der Waals surface area contributed by atoms with E-state index in [1.807, 2.05) is 17.9 Å². The van der Waals surface area contributed by atoms with Gasteiger partial charge in [0.2, 0.25) is 10.0 Å². The van der Waals surface area contributed by atoms with Crippen LogP contribution in [0.1, 0.15) is 42.1 Å². The maximum absolute atomic E-state index is 14.2. The summed E-state index contributed by atoms with van der Waals surface area (Å²) in [5.74, 6) is -0.433. The molecular weight excluding hydrogens is 405 g/mol. The van der Waals surface area contributed by atoms with Gasteiger partial charge in [-0.05, 0) is 68.1 Å². The van der Waals surface area contributed by atoms with Crippen molar-refractivity contribution in [2.45, 2.75) is 39.2 Å². The van der Waals surface area contributed by atoms with Crippen LogP contribution in [-0.2, 0) is 10.0 Å². The molecule has 0 aromatic heterocycles. The largest absolute Gasteiger partial charge is 0.367 e. The van der Waals surface area contributed by atoms with Crippen molar-refractivity contribution < 1.29 is 17.6 Å². The maximum Gasteiger partial charge on any atom is 0.251 e. The van der Waals surface area contributed by atoms with Gasteiger partial charge in [0.25, 0.3) is 5.91 Å². The summed E-state index contributed by atoms with van der Waals surface area (Å²) in [6.45, 7) is 5.02. The Kier molecular flexibility index (Phi) is 6.97. The first kappa shape index (κ1) is 22.1. The fraction of sp³-hybridized carbons (Fsp3) is 0.409. The van der Waals surface area contributed by atoms with Crippen LogP contribution in [0.3, 0.4) is 0 Å². The Morgan fingerprint density at radius 2 is 1.93 bits per heavy atom. The van der Waals surface area contributed by atoms with Crippen molar-refractivity contribution >= 4 is 27.3 Å². The number of carbonyl (C=O) groups excluding carboxylic acids is 1. The fourth-order valence-electron chi connectivity index (χ4n) is 3.64. The number of rotatable bonds is 7. The number of carbonyl (C=O) groups is 1. The lowest BCUT2D eigenvalue weighted by atomic mass is 10.0. The monoisotopic (exact) mass is 433 g/mol. The molecule has 2 N–H and O–H groups in total. The quantitative estimate of drug-likeness (QED) is 0.698. The smallest absolute Gasteiger partial charge is 0.251 e. The summed E-state index contributed by atoms with van der Waals surface area (Å²) in [6.07, 6.45) is 2.21. The zero-order chi connectivity index (χ0) is 21.7. The number of hydrogen-bond acceptors (Lipinski definition) is 4. The number of anilines is 2. The topological polar surface area (TPSA) is 78.5 Å². The normalized spacial score (nSPS) is 16.9. The molecule has 0 saturated carbocycles. The first-order valence-corrected chi connectivity index (χ1v) is 11.8. The molecule has 0 aliphatic carbocycles. The third-order valence-electron chi connectivity index (χ3n) is 5.09. The van der Waals surface area contributed by atoms with Crippen LogP contribution in [0.4, 0.5) is 15.8 Å². The van der Waals surface area contributed by atoms with Gasteiger partial charge in [0.05, 0.1) is 11.4 Å². The first-order chi connectivity index (χ1) is 14.3. The number of nitrogens with one attached hydrogen (secondary N) is 2. The van der Waals surface area contributed by atoms with Crippen LogP contribution in [-0.4, -0.2) is 39.2 Å². The van der Waals surface area contributed by atoms with Gasteiger partial charge in [-0.2, -0.15) is 0 Å². The van der Waals surface area contributed by atoms with Crippen molar-refractivity contribution in [1.29, 1.82) is 0 Å². The zero-order valence-electron chi connectivity index (χ0n) is 17.3. The summed E-state index contributed by atoms with van der Waals surface area (Å²) in [5, 5.41) is 3.02. The summed E-state index contributed by atoms with van der Waals surface area (Å²) in [6, 6.07) is 11.3. The molecule has 1 aliphatic rings. The van der Waals surface area contributed by atoms with E-state index in [1.54, 1.807) is 37.3 Å². The second kappa shape index (κ2) is 9.47. The number of halogens is 1. The number of hydrogen-bond donors (Lipinski definition) is 2. The van der Waals surface area contributed by atoms with E-state index < -0.39 is 10.0 Å². The van der Waals surface area contributed by atoms with E-state index in [1.165, 1.54) is 6.07 Å². The number of piperidine rings is 1. The highest BCUT2D eigenvalue weighted by molar-refractivity contribution is 7.92. The molecule has 1 heterocycles. The molecule has 1 unspecified atom stereocenters. The summed E-state index contributed by atoms with van der Waals surface area (Å²) in [7, 11) is -3.37. The van der Waals surface area contributed by atoms with Gasteiger partial charge in [0.1, 0.15) is 5.82 Å². The Labute approximate surface area is 177 Å². The van der Waals surface area contributed by atoms with Gasteiger partial charge in [-0.15, -0.1) is 0 Å². The lowest BCUT2D eigenvalue weighted by Crippen LogP contribution is -2.48. The molecule has 2 aromatic rings. The Bertz CT molecular complexity index is 993. The Morgan fingerprint density at radius 1 is 1.20 bits per heavy atom. The van der Waals surface area contributed by atoms with E-state index in [2.05, 4.69) is 10.0 Å². The van der Waals surface area contributed by atoms with Gasteiger partial charge in [-0.1, -0.05) is 13.0 Å². The molecule has 3 rings (SSSR count). The molecule has 6 nitrogen and oxygen atoms in total. The summed E-state index contributed by atoms with van der Waals surface area (Å²) in [5.41, 5.74) is 2.44. The predicted molar refractivity (Wildman–Crippen MR) is 118 cm³/mol. The average molecular weight is 434 g/mol. The minimum atomic E-state index is -3.37. The fourth-order valence-corrected chi connectivity index (χ4v) is 4.77. The molecule has 0 radical (unpaired) electrons. The first-order valence-electron chi connectivity index (χ1n) is 10.2. The SMILES string of the molecule is CCCS(=O)(=O)Nc1ccc(C(=O)NC2CCCN(c3cc(C)ccc3F)C2)cc1.